The Kier molecular flexibility index (Phi) is 7.05. The Hall–Kier alpha value is -3.80. The van der Waals surface area contributed by atoms with Gasteiger partial charge in [-0.15, -0.1) is 0 Å². The van der Waals surface area contributed by atoms with Crippen molar-refractivity contribution in [2.24, 2.45) is 0 Å². The van der Waals surface area contributed by atoms with Gasteiger partial charge in [-0.05, 0) is 48.5 Å². The van der Waals surface area contributed by atoms with E-state index in [4.69, 9.17) is 9.47 Å². The van der Waals surface area contributed by atoms with Gasteiger partial charge in [-0.1, -0.05) is 30.3 Å². The third-order valence-electron chi connectivity index (χ3n) is 4.47. The lowest BCUT2D eigenvalue weighted by molar-refractivity contribution is -0.116. The molecule has 6 heteroatoms. The van der Waals surface area contributed by atoms with Crippen molar-refractivity contribution in [1.82, 2.24) is 0 Å². The summed E-state index contributed by atoms with van der Waals surface area (Å²) in [5, 5.41) is 2.86. The predicted molar refractivity (Wildman–Crippen MR) is 117 cm³/mol. The van der Waals surface area contributed by atoms with Gasteiger partial charge in [-0.2, -0.15) is 0 Å². The van der Waals surface area contributed by atoms with Crippen LogP contribution in [-0.2, 0) is 4.79 Å². The highest BCUT2D eigenvalue weighted by Crippen LogP contribution is 2.21. The van der Waals surface area contributed by atoms with Crippen LogP contribution in [0.15, 0.2) is 78.9 Å². The second kappa shape index (κ2) is 10.1. The van der Waals surface area contributed by atoms with Crippen molar-refractivity contribution < 1.29 is 19.1 Å². The zero-order chi connectivity index (χ0) is 21.3. The maximum absolute atomic E-state index is 12.7. The lowest BCUT2D eigenvalue weighted by atomic mass is 10.1. The molecule has 0 heterocycles. The van der Waals surface area contributed by atoms with Crippen molar-refractivity contribution in [1.29, 1.82) is 0 Å². The summed E-state index contributed by atoms with van der Waals surface area (Å²) in [5.41, 5.74) is 1.81. The second-order valence-corrected chi connectivity index (χ2v) is 6.59. The topological polar surface area (TPSA) is 67.9 Å². The highest BCUT2D eigenvalue weighted by atomic mass is 16.5. The molecule has 0 aliphatic rings. The number of benzene rings is 3. The largest absolute Gasteiger partial charge is 0.490 e. The average Bonchev–Trinajstić information content (AvgIpc) is 2.77. The molecule has 0 fully saturated rings. The summed E-state index contributed by atoms with van der Waals surface area (Å²) in [6, 6.07) is 23.6. The third-order valence-corrected chi connectivity index (χ3v) is 4.47. The highest BCUT2D eigenvalue weighted by Gasteiger charge is 2.13. The van der Waals surface area contributed by atoms with Crippen LogP contribution in [0.3, 0.4) is 0 Å². The van der Waals surface area contributed by atoms with E-state index in [2.05, 4.69) is 5.32 Å². The summed E-state index contributed by atoms with van der Waals surface area (Å²) in [4.78, 5) is 25.7. The van der Waals surface area contributed by atoms with Gasteiger partial charge in [-0.25, -0.2) is 0 Å². The predicted octanol–water partition coefficient (Wildman–Crippen LogP) is 4.38. The molecule has 3 rings (SSSR count). The molecule has 0 atom stereocenters. The number of hydrogen-bond acceptors (Lipinski definition) is 4. The monoisotopic (exact) mass is 404 g/mol. The van der Waals surface area contributed by atoms with E-state index >= 15 is 0 Å². The fraction of sp³-hybridized carbons (Fsp3) is 0.167. The summed E-state index contributed by atoms with van der Waals surface area (Å²) in [7, 11) is 1.70. The molecule has 30 heavy (non-hydrogen) atoms. The zero-order valence-corrected chi connectivity index (χ0v) is 17.0. The molecule has 3 aromatic rings. The smallest absolute Gasteiger partial charge is 0.259 e. The van der Waals surface area contributed by atoms with Gasteiger partial charge in [0.05, 0.1) is 5.56 Å². The van der Waals surface area contributed by atoms with Crippen LogP contribution >= 0.6 is 0 Å². The number of nitrogens with one attached hydrogen (secondary N) is 1. The van der Waals surface area contributed by atoms with Crippen molar-refractivity contribution in [2.75, 3.05) is 30.5 Å². The first-order valence-corrected chi connectivity index (χ1v) is 9.60. The highest BCUT2D eigenvalue weighted by molar-refractivity contribution is 6.06. The van der Waals surface area contributed by atoms with Gasteiger partial charge in [0, 0.05) is 25.3 Å². The molecule has 2 amide bonds. The average molecular weight is 404 g/mol. The Morgan fingerprint density at radius 3 is 2.17 bits per heavy atom. The number of rotatable bonds is 8. The van der Waals surface area contributed by atoms with Gasteiger partial charge < -0.3 is 19.7 Å². The van der Waals surface area contributed by atoms with Gasteiger partial charge in [-0.3, -0.25) is 9.59 Å². The van der Waals surface area contributed by atoms with E-state index in [0.29, 0.717) is 30.2 Å². The molecule has 154 valence electrons. The molecule has 0 aromatic heterocycles. The fourth-order valence-electron chi connectivity index (χ4n) is 2.76. The lowest BCUT2D eigenvalue weighted by Gasteiger charge is -2.16. The molecule has 0 unspecified atom stereocenters. The van der Waals surface area contributed by atoms with Gasteiger partial charge in [0.1, 0.15) is 24.7 Å². The second-order valence-electron chi connectivity index (χ2n) is 6.59. The molecular weight excluding hydrogens is 380 g/mol. The number of carbonyl (C=O) groups is 2. The van der Waals surface area contributed by atoms with E-state index in [1.807, 2.05) is 36.4 Å². The number of carbonyl (C=O) groups excluding carboxylic acids is 2. The first-order chi connectivity index (χ1) is 14.5. The molecule has 0 radical (unpaired) electrons. The van der Waals surface area contributed by atoms with Crippen molar-refractivity contribution >= 4 is 23.2 Å². The van der Waals surface area contributed by atoms with Crippen LogP contribution in [0.2, 0.25) is 0 Å². The normalized spacial score (nSPS) is 10.2. The Balaban J connectivity index is 1.59. The van der Waals surface area contributed by atoms with E-state index in [1.165, 1.54) is 11.8 Å². The molecule has 6 nitrogen and oxygen atoms in total. The van der Waals surface area contributed by atoms with Crippen LogP contribution in [0, 0.1) is 0 Å². The number of hydrogen-bond donors (Lipinski definition) is 1. The molecule has 1 N–H and O–H groups in total. The van der Waals surface area contributed by atoms with Crippen LogP contribution in [0.5, 0.6) is 11.5 Å². The van der Waals surface area contributed by atoms with Crippen molar-refractivity contribution in [3.05, 3.63) is 84.4 Å². The van der Waals surface area contributed by atoms with Crippen molar-refractivity contribution in [3.8, 4) is 11.5 Å². The van der Waals surface area contributed by atoms with Gasteiger partial charge in [0.2, 0.25) is 5.91 Å². The summed E-state index contributed by atoms with van der Waals surface area (Å²) >= 11 is 0. The Morgan fingerprint density at radius 2 is 1.47 bits per heavy atom. The van der Waals surface area contributed by atoms with E-state index in [1.54, 1.807) is 49.5 Å². The maximum Gasteiger partial charge on any atom is 0.259 e. The lowest BCUT2D eigenvalue weighted by Crippen LogP contribution is -2.22. The van der Waals surface area contributed by atoms with Crippen LogP contribution < -0.4 is 19.7 Å². The van der Waals surface area contributed by atoms with E-state index < -0.39 is 0 Å². The first kappa shape index (κ1) is 20.9. The summed E-state index contributed by atoms with van der Waals surface area (Å²) in [6.45, 7) is 2.17. The van der Waals surface area contributed by atoms with Crippen LogP contribution in [0.4, 0.5) is 11.4 Å². The molecule has 0 aliphatic carbocycles. The SMILES string of the molecule is CC(=O)N(C)c1ccc(NC(=O)c2ccccc2OCCOc2ccccc2)cc1. The van der Waals surface area contributed by atoms with Gasteiger partial charge >= 0.3 is 0 Å². The van der Waals surface area contributed by atoms with E-state index in [0.717, 1.165) is 11.4 Å². The minimum absolute atomic E-state index is 0.0610. The van der Waals surface area contributed by atoms with Gasteiger partial charge in [0.25, 0.3) is 5.91 Å². The first-order valence-electron chi connectivity index (χ1n) is 9.60. The minimum Gasteiger partial charge on any atom is -0.490 e. The Bertz CT molecular complexity index is 988. The molecule has 3 aromatic carbocycles. The number of nitrogens with zero attached hydrogens (tertiary/aromatic N) is 1. The Labute approximate surface area is 176 Å². The minimum atomic E-state index is -0.276. The zero-order valence-electron chi connectivity index (χ0n) is 17.0. The quantitative estimate of drug-likeness (QED) is 0.566. The van der Waals surface area contributed by atoms with Crippen LogP contribution in [-0.4, -0.2) is 32.1 Å². The number of ether oxygens (including phenoxy) is 2. The molecule has 0 saturated carbocycles. The maximum atomic E-state index is 12.7. The fourth-order valence-corrected chi connectivity index (χ4v) is 2.76. The van der Waals surface area contributed by atoms with E-state index in [-0.39, 0.29) is 11.8 Å². The number of amides is 2. The van der Waals surface area contributed by atoms with Crippen LogP contribution in [0.25, 0.3) is 0 Å². The van der Waals surface area contributed by atoms with Crippen LogP contribution in [0.1, 0.15) is 17.3 Å². The summed E-state index contributed by atoms with van der Waals surface area (Å²) < 4.78 is 11.4. The van der Waals surface area contributed by atoms with Crippen molar-refractivity contribution in [3.63, 3.8) is 0 Å². The molecular formula is C24H24N2O4. The molecule has 0 bridgehead atoms. The van der Waals surface area contributed by atoms with Crippen molar-refractivity contribution in [2.45, 2.75) is 6.92 Å². The Morgan fingerprint density at radius 1 is 0.833 bits per heavy atom. The summed E-state index contributed by atoms with van der Waals surface area (Å²) in [6.07, 6.45) is 0. The molecule has 0 spiro atoms. The molecule has 0 saturated heterocycles. The molecule has 0 aliphatic heterocycles. The standard InChI is InChI=1S/C24H24N2O4/c1-18(27)26(2)20-14-12-19(13-15-20)25-24(28)22-10-6-7-11-23(22)30-17-16-29-21-8-4-3-5-9-21/h3-15H,16-17H2,1-2H3,(H,25,28). The number of anilines is 2. The number of para-hydroxylation sites is 2. The summed E-state index contributed by atoms with van der Waals surface area (Å²) in [5.74, 6) is 0.918. The van der Waals surface area contributed by atoms with Gasteiger partial charge in [0.15, 0.2) is 0 Å². The third kappa shape index (κ3) is 5.61. The van der Waals surface area contributed by atoms with E-state index in [9.17, 15) is 9.59 Å².